The van der Waals surface area contributed by atoms with Gasteiger partial charge in [0.05, 0.1) is 12.0 Å². The SMILES string of the molecule is CC(C)C(O)[C@H](C)C(N)=O. The molecule has 0 saturated heterocycles. The maximum absolute atomic E-state index is 10.5. The highest BCUT2D eigenvalue weighted by Gasteiger charge is 2.21. The number of amides is 1. The third kappa shape index (κ3) is 2.35. The zero-order valence-corrected chi connectivity index (χ0v) is 6.66. The van der Waals surface area contributed by atoms with E-state index in [9.17, 15) is 9.90 Å². The van der Waals surface area contributed by atoms with Crippen LogP contribution in [0.15, 0.2) is 0 Å². The number of hydrogen-bond acceptors (Lipinski definition) is 2. The molecule has 10 heavy (non-hydrogen) atoms. The van der Waals surface area contributed by atoms with Crippen LogP contribution in [0.2, 0.25) is 0 Å². The molecule has 1 unspecified atom stereocenters. The molecule has 0 aromatic rings. The molecule has 0 fully saturated rings. The molecule has 0 bridgehead atoms. The molecule has 2 atom stereocenters. The molecule has 0 heterocycles. The largest absolute Gasteiger partial charge is 0.392 e. The Morgan fingerprint density at radius 1 is 1.40 bits per heavy atom. The quantitative estimate of drug-likeness (QED) is 0.592. The minimum atomic E-state index is -0.613. The van der Waals surface area contributed by atoms with Crippen LogP contribution >= 0.6 is 0 Å². The zero-order valence-electron chi connectivity index (χ0n) is 6.66. The molecule has 0 saturated carbocycles. The van der Waals surface area contributed by atoms with Gasteiger partial charge in [-0.2, -0.15) is 0 Å². The Balaban J connectivity index is 3.94. The molecule has 3 N–H and O–H groups in total. The summed E-state index contributed by atoms with van der Waals surface area (Å²) < 4.78 is 0. The van der Waals surface area contributed by atoms with E-state index >= 15 is 0 Å². The average molecular weight is 145 g/mol. The number of rotatable bonds is 3. The monoisotopic (exact) mass is 145 g/mol. The first-order valence-corrected chi connectivity index (χ1v) is 3.44. The van der Waals surface area contributed by atoms with Gasteiger partial charge in [0, 0.05) is 0 Å². The molecule has 60 valence electrons. The lowest BCUT2D eigenvalue weighted by Crippen LogP contribution is -2.34. The number of nitrogens with two attached hydrogens (primary N) is 1. The highest BCUT2D eigenvalue weighted by atomic mass is 16.3. The van der Waals surface area contributed by atoms with E-state index < -0.39 is 17.9 Å². The number of aliphatic hydroxyl groups excluding tert-OH is 1. The fourth-order valence-corrected chi connectivity index (χ4v) is 0.746. The second-order valence-corrected chi connectivity index (χ2v) is 2.93. The van der Waals surface area contributed by atoms with Gasteiger partial charge in [-0.1, -0.05) is 20.8 Å². The molecule has 3 heteroatoms. The first kappa shape index (κ1) is 9.43. The predicted molar refractivity (Wildman–Crippen MR) is 39.2 cm³/mol. The number of hydrogen-bond donors (Lipinski definition) is 2. The van der Waals surface area contributed by atoms with Crippen LogP contribution in [0.25, 0.3) is 0 Å². The Bertz CT molecular complexity index is 123. The van der Waals surface area contributed by atoms with Crippen molar-refractivity contribution in [3.05, 3.63) is 0 Å². The van der Waals surface area contributed by atoms with Gasteiger partial charge in [-0.25, -0.2) is 0 Å². The second kappa shape index (κ2) is 3.56. The molecule has 0 spiro atoms. The van der Waals surface area contributed by atoms with Gasteiger partial charge in [-0.05, 0) is 5.92 Å². The highest BCUT2D eigenvalue weighted by Crippen LogP contribution is 2.10. The number of carbonyl (C=O) groups is 1. The summed E-state index contributed by atoms with van der Waals surface area (Å²) in [5.74, 6) is -0.802. The molecule has 0 aromatic carbocycles. The summed E-state index contributed by atoms with van der Waals surface area (Å²) in [6.45, 7) is 5.33. The van der Waals surface area contributed by atoms with Crippen LogP contribution in [-0.4, -0.2) is 17.1 Å². The summed E-state index contributed by atoms with van der Waals surface area (Å²) in [4.78, 5) is 10.5. The molecule has 3 nitrogen and oxygen atoms in total. The fourth-order valence-electron chi connectivity index (χ4n) is 0.746. The molecule has 0 aliphatic heterocycles. The van der Waals surface area contributed by atoms with E-state index in [2.05, 4.69) is 0 Å². The van der Waals surface area contributed by atoms with Crippen LogP contribution in [0.1, 0.15) is 20.8 Å². The van der Waals surface area contributed by atoms with Gasteiger partial charge in [0.15, 0.2) is 0 Å². The maximum Gasteiger partial charge on any atom is 0.222 e. The Hall–Kier alpha value is -0.570. The number of aliphatic hydroxyl groups is 1. The Kier molecular flexibility index (Phi) is 3.36. The van der Waals surface area contributed by atoms with Crippen molar-refractivity contribution in [1.82, 2.24) is 0 Å². The van der Waals surface area contributed by atoms with Crippen LogP contribution in [0.5, 0.6) is 0 Å². The fraction of sp³-hybridized carbons (Fsp3) is 0.857. The van der Waals surface area contributed by atoms with Gasteiger partial charge >= 0.3 is 0 Å². The second-order valence-electron chi connectivity index (χ2n) is 2.93. The van der Waals surface area contributed by atoms with Crippen LogP contribution in [0.4, 0.5) is 0 Å². The molecule has 0 aliphatic rings. The molecular weight excluding hydrogens is 130 g/mol. The van der Waals surface area contributed by atoms with Gasteiger partial charge in [0.2, 0.25) is 5.91 Å². The Morgan fingerprint density at radius 3 is 1.90 bits per heavy atom. The van der Waals surface area contributed by atoms with E-state index in [1.165, 1.54) is 0 Å². The topological polar surface area (TPSA) is 63.3 Å². The van der Waals surface area contributed by atoms with Crippen molar-refractivity contribution in [3.63, 3.8) is 0 Å². The van der Waals surface area contributed by atoms with Crippen molar-refractivity contribution in [3.8, 4) is 0 Å². The normalized spacial score (nSPS) is 16.9. The molecule has 0 rings (SSSR count). The lowest BCUT2D eigenvalue weighted by Gasteiger charge is -2.18. The third-order valence-corrected chi connectivity index (χ3v) is 1.64. The summed E-state index contributed by atoms with van der Waals surface area (Å²) >= 11 is 0. The minimum absolute atomic E-state index is 0.0856. The van der Waals surface area contributed by atoms with E-state index in [4.69, 9.17) is 5.73 Å². The van der Waals surface area contributed by atoms with Crippen LogP contribution < -0.4 is 5.73 Å². The van der Waals surface area contributed by atoms with E-state index in [0.29, 0.717) is 0 Å². The van der Waals surface area contributed by atoms with E-state index in [1.54, 1.807) is 6.92 Å². The summed E-state index contributed by atoms with van der Waals surface area (Å²) in [5.41, 5.74) is 4.98. The smallest absolute Gasteiger partial charge is 0.222 e. The molecule has 1 amide bonds. The Morgan fingerprint density at radius 2 is 1.80 bits per heavy atom. The highest BCUT2D eigenvalue weighted by molar-refractivity contribution is 5.76. The summed E-state index contributed by atoms with van der Waals surface area (Å²) in [6.07, 6.45) is -0.613. The molecule has 0 aliphatic carbocycles. The van der Waals surface area contributed by atoms with E-state index in [0.717, 1.165) is 0 Å². The lowest BCUT2D eigenvalue weighted by atomic mass is 9.95. The standard InChI is InChI=1S/C7H15NO2/c1-4(2)6(9)5(3)7(8)10/h4-6,9H,1-3H3,(H2,8,10)/t5-,6?/m0/s1. The van der Waals surface area contributed by atoms with E-state index in [1.807, 2.05) is 13.8 Å². The van der Waals surface area contributed by atoms with E-state index in [-0.39, 0.29) is 5.92 Å². The first-order chi connectivity index (χ1) is 4.46. The molecule has 0 radical (unpaired) electrons. The van der Waals surface area contributed by atoms with Crippen LogP contribution in [-0.2, 0) is 4.79 Å². The summed E-state index contributed by atoms with van der Waals surface area (Å²) in [6, 6.07) is 0. The third-order valence-electron chi connectivity index (χ3n) is 1.64. The van der Waals surface area contributed by atoms with Gasteiger partial charge in [-0.3, -0.25) is 4.79 Å². The molecular formula is C7H15NO2. The number of primary amides is 1. The predicted octanol–water partition coefficient (Wildman–Crippen LogP) is 0.125. The summed E-state index contributed by atoms with van der Waals surface area (Å²) in [5, 5.41) is 9.26. The van der Waals surface area contributed by atoms with Crippen molar-refractivity contribution in [2.75, 3.05) is 0 Å². The van der Waals surface area contributed by atoms with Crippen molar-refractivity contribution in [2.45, 2.75) is 26.9 Å². The van der Waals surface area contributed by atoms with Crippen molar-refractivity contribution in [2.24, 2.45) is 17.6 Å². The Labute approximate surface area is 61.2 Å². The van der Waals surface area contributed by atoms with Crippen LogP contribution in [0, 0.1) is 11.8 Å². The lowest BCUT2D eigenvalue weighted by molar-refractivity contribution is -0.125. The van der Waals surface area contributed by atoms with Gasteiger partial charge in [0.1, 0.15) is 0 Å². The van der Waals surface area contributed by atoms with Crippen molar-refractivity contribution < 1.29 is 9.90 Å². The zero-order chi connectivity index (χ0) is 8.31. The van der Waals surface area contributed by atoms with Crippen molar-refractivity contribution >= 4 is 5.91 Å². The van der Waals surface area contributed by atoms with Crippen LogP contribution in [0.3, 0.4) is 0 Å². The van der Waals surface area contributed by atoms with Crippen molar-refractivity contribution in [1.29, 1.82) is 0 Å². The first-order valence-electron chi connectivity index (χ1n) is 3.44. The molecule has 0 aromatic heterocycles. The minimum Gasteiger partial charge on any atom is -0.392 e. The van der Waals surface area contributed by atoms with Gasteiger partial charge in [-0.15, -0.1) is 0 Å². The van der Waals surface area contributed by atoms with Gasteiger partial charge < -0.3 is 10.8 Å². The number of carbonyl (C=O) groups excluding carboxylic acids is 1. The maximum atomic E-state index is 10.5. The average Bonchev–Trinajstić information content (AvgIpc) is 1.84. The summed E-state index contributed by atoms with van der Waals surface area (Å²) in [7, 11) is 0. The van der Waals surface area contributed by atoms with Gasteiger partial charge in [0.25, 0.3) is 0 Å².